The zero-order valence-corrected chi connectivity index (χ0v) is 8.05. The molecule has 0 radical (unpaired) electrons. The summed E-state index contributed by atoms with van der Waals surface area (Å²) in [5.41, 5.74) is 7.17. The lowest BCUT2D eigenvalue weighted by molar-refractivity contribution is -0.0542. The summed E-state index contributed by atoms with van der Waals surface area (Å²) in [6.07, 6.45) is -3.46. The molecule has 0 saturated carbocycles. The number of hydrogen-bond donors (Lipinski definition) is 6. The summed E-state index contributed by atoms with van der Waals surface area (Å²) in [6, 6.07) is 0. The number of aliphatic hydroxyl groups is 4. The Morgan fingerprint density at radius 1 is 1.50 bits per heavy atom. The molecule has 0 aliphatic heterocycles. The Bertz CT molecular complexity index is 213. The second-order valence-electron chi connectivity index (χ2n) is 2.49. The van der Waals surface area contributed by atoms with Gasteiger partial charge in [-0.3, -0.25) is 5.43 Å². The third-order valence-electron chi connectivity index (χ3n) is 1.33. The molecule has 0 aromatic heterocycles. The molecule has 14 heavy (non-hydrogen) atoms. The van der Waals surface area contributed by atoms with Crippen molar-refractivity contribution in [1.82, 2.24) is 5.43 Å². The second-order valence-corrected chi connectivity index (χ2v) is 2.93. The average molecular weight is 223 g/mol. The molecule has 0 aliphatic rings. The van der Waals surface area contributed by atoms with Gasteiger partial charge < -0.3 is 26.2 Å². The van der Waals surface area contributed by atoms with Crippen LogP contribution in [0.5, 0.6) is 0 Å². The van der Waals surface area contributed by atoms with Crippen LogP contribution in [0.2, 0.25) is 0 Å². The van der Waals surface area contributed by atoms with Crippen LogP contribution in [0, 0.1) is 0 Å². The van der Waals surface area contributed by atoms with Gasteiger partial charge in [0.2, 0.25) is 0 Å². The van der Waals surface area contributed by atoms with Crippen molar-refractivity contribution in [3.63, 3.8) is 0 Å². The molecule has 82 valence electrons. The molecule has 0 aromatic carbocycles. The van der Waals surface area contributed by atoms with E-state index in [1.807, 2.05) is 0 Å². The molecule has 0 rings (SSSR count). The molecule has 0 spiro atoms. The van der Waals surface area contributed by atoms with Crippen molar-refractivity contribution in [3.8, 4) is 0 Å². The van der Waals surface area contributed by atoms with Crippen LogP contribution >= 0.6 is 12.2 Å². The summed E-state index contributed by atoms with van der Waals surface area (Å²) in [4.78, 5) is 0. The molecule has 0 heterocycles. The Labute approximate surface area is 85.9 Å². The van der Waals surface area contributed by atoms with Gasteiger partial charge in [-0.25, -0.2) is 0 Å². The van der Waals surface area contributed by atoms with E-state index in [0.29, 0.717) is 0 Å². The summed E-state index contributed by atoms with van der Waals surface area (Å²) in [5.74, 6) is 0. The highest BCUT2D eigenvalue weighted by molar-refractivity contribution is 7.80. The van der Waals surface area contributed by atoms with Gasteiger partial charge in [0, 0.05) is 0 Å². The maximum Gasteiger partial charge on any atom is 0.184 e. The number of nitrogens with one attached hydrogen (secondary N) is 1. The van der Waals surface area contributed by atoms with Gasteiger partial charge in [0.15, 0.2) is 5.11 Å². The normalized spacial score (nSPS) is 17.7. The first-order chi connectivity index (χ1) is 6.49. The Balaban J connectivity index is 3.99. The van der Waals surface area contributed by atoms with Gasteiger partial charge in [-0.15, -0.1) is 0 Å². The van der Waals surface area contributed by atoms with E-state index in [1.54, 1.807) is 0 Å². The van der Waals surface area contributed by atoms with E-state index in [0.717, 1.165) is 6.21 Å². The maximum absolute atomic E-state index is 9.14. The van der Waals surface area contributed by atoms with Crippen molar-refractivity contribution in [2.24, 2.45) is 10.8 Å². The van der Waals surface area contributed by atoms with Crippen molar-refractivity contribution in [1.29, 1.82) is 0 Å². The van der Waals surface area contributed by atoms with Crippen LogP contribution in [0.3, 0.4) is 0 Å². The van der Waals surface area contributed by atoms with Crippen molar-refractivity contribution >= 4 is 23.5 Å². The molecule has 7 nitrogen and oxygen atoms in total. The molecule has 7 N–H and O–H groups in total. The van der Waals surface area contributed by atoms with Crippen molar-refractivity contribution in [2.75, 3.05) is 6.61 Å². The number of hydrazone groups is 1. The monoisotopic (exact) mass is 223 g/mol. The van der Waals surface area contributed by atoms with Crippen LogP contribution in [-0.2, 0) is 0 Å². The first kappa shape index (κ1) is 13.2. The Kier molecular flexibility index (Phi) is 6.25. The summed E-state index contributed by atoms with van der Waals surface area (Å²) in [5, 5.41) is 38.9. The SMILES string of the molecule is NC(=S)N/N=C/[C@H](O)[C@@H](O)[C@@H](O)CO. The third kappa shape index (κ3) is 5.04. The fraction of sp³-hybridized carbons (Fsp3) is 0.667. The lowest BCUT2D eigenvalue weighted by Gasteiger charge is -2.17. The Morgan fingerprint density at radius 3 is 2.50 bits per heavy atom. The van der Waals surface area contributed by atoms with Gasteiger partial charge in [0.1, 0.15) is 18.3 Å². The molecule has 0 aliphatic carbocycles. The number of nitrogens with two attached hydrogens (primary N) is 1. The van der Waals surface area contributed by atoms with Crippen LogP contribution in [-0.4, -0.2) is 56.7 Å². The van der Waals surface area contributed by atoms with Gasteiger partial charge in [-0.05, 0) is 12.2 Å². The predicted molar refractivity (Wildman–Crippen MR) is 53.5 cm³/mol. The minimum Gasteiger partial charge on any atom is -0.394 e. The van der Waals surface area contributed by atoms with E-state index in [4.69, 9.17) is 26.2 Å². The van der Waals surface area contributed by atoms with E-state index in [2.05, 4.69) is 22.7 Å². The number of hydrogen-bond acceptors (Lipinski definition) is 6. The molecule has 3 atom stereocenters. The smallest absolute Gasteiger partial charge is 0.184 e. The van der Waals surface area contributed by atoms with Crippen LogP contribution < -0.4 is 11.2 Å². The summed E-state index contributed by atoms with van der Waals surface area (Å²) < 4.78 is 0. The molecule has 0 aromatic rings. The standard InChI is InChI=1S/C6H13N3O4S/c7-6(14)9-8-1-3(11)5(13)4(12)2-10/h1,3-5,10-13H,2H2,(H3,7,9,14)/b8-1+/t3-,4-,5+/m0/s1. The number of thiocarbonyl (C=S) groups is 1. The lowest BCUT2D eigenvalue weighted by Crippen LogP contribution is -2.40. The molecule has 0 fully saturated rings. The van der Waals surface area contributed by atoms with Crippen LogP contribution in [0.15, 0.2) is 5.10 Å². The van der Waals surface area contributed by atoms with Crippen LogP contribution in [0.25, 0.3) is 0 Å². The number of rotatable bonds is 5. The molecular formula is C6H13N3O4S. The summed E-state index contributed by atoms with van der Waals surface area (Å²) >= 11 is 4.41. The second kappa shape index (κ2) is 6.62. The fourth-order valence-corrected chi connectivity index (χ4v) is 0.654. The van der Waals surface area contributed by atoms with Gasteiger partial charge in [0.25, 0.3) is 0 Å². The Hall–Kier alpha value is -0.800. The largest absolute Gasteiger partial charge is 0.394 e. The fourth-order valence-electron chi connectivity index (χ4n) is 0.601. The highest BCUT2D eigenvalue weighted by atomic mass is 32.1. The molecule has 8 heteroatoms. The minimum absolute atomic E-state index is 0.0920. The lowest BCUT2D eigenvalue weighted by atomic mass is 10.1. The topological polar surface area (TPSA) is 131 Å². The molecule has 0 amide bonds. The number of nitrogens with zero attached hydrogens (tertiary/aromatic N) is 1. The zero-order valence-electron chi connectivity index (χ0n) is 7.24. The first-order valence-electron chi connectivity index (χ1n) is 3.72. The predicted octanol–water partition coefficient (Wildman–Crippen LogP) is -3.12. The van der Waals surface area contributed by atoms with E-state index >= 15 is 0 Å². The molecular weight excluding hydrogens is 210 g/mol. The van der Waals surface area contributed by atoms with Crippen molar-refractivity contribution in [2.45, 2.75) is 18.3 Å². The summed E-state index contributed by atoms with van der Waals surface area (Å²) in [6.45, 7) is -0.658. The van der Waals surface area contributed by atoms with Crippen molar-refractivity contribution < 1.29 is 20.4 Å². The first-order valence-corrected chi connectivity index (χ1v) is 4.13. The third-order valence-corrected chi connectivity index (χ3v) is 1.42. The Morgan fingerprint density at radius 2 is 2.07 bits per heavy atom. The highest BCUT2D eigenvalue weighted by Gasteiger charge is 2.22. The number of aliphatic hydroxyl groups excluding tert-OH is 4. The minimum atomic E-state index is -1.52. The molecule has 0 bridgehead atoms. The zero-order chi connectivity index (χ0) is 11.1. The van der Waals surface area contributed by atoms with E-state index < -0.39 is 24.9 Å². The van der Waals surface area contributed by atoms with Gasteiger partial charge >= 0.3 is 0 Å². The van der Waals surface area contributed by atoms with Gasteiger partial charge in [-0.2, -0.15) is 5.10 Å². The van der Waals surface area contributed by atoms with Gasteiger partial charge in [0.05, 0.1) is 12.8 Å². The summed E-state index contributed by atoms with van der Waals surface area (Å²) in [7, 11) is 0. The highest BCUT2D eigenvalue weighted by Crippen LogP contribution is 1.97. The van der Waals surface area contributed by atoms with Crippen LogP contribution in [0.1, 0.15) is 0 Å². The van der Waals surface area contributed by atoms with E-state index in [-0.39, 0.29) is 5.11 Å². The van der Waals surface area contributed by atoms with Gasteiger partial charge in [-0.1, -0.05) is 0 Å². The molecule has 0 unspecified atom stereocenters. The van der Waals surface area contributed by atoms with E-state index in [1.165, 1.54) is 0 Å². The molecule has 0 saturated heterocycles. The van der Waals surface area contributed by atoms with Crippen LogP contribution in [0.4, 0.5) is 0 Å². The maximum atomic E-state index is 9.14. The quantitative estimate of drug-likeness (QED) is 0.165. The van der Waals surface area contributed by atoms with Crippen molar-refractivity contribution in [3.05, 3.63) is 0 Å². The average Bonchev–Trinajstić information content (AvgIpc) is 2.14. The van der Waals surface area contributed by atoms with E-state index in [9.17, 15) is 0 Å².